The van der Waals surface area contributed by atoms with E-state index in [0.717, 1.165) is 12.1 Å². The van der Waals surface area contributed by atoms with Gasteiger partial charge in [-0.05, 0) is 114 Å². The summed E-state index contributed by atoms with van der Waals surface area (Å²) in [6.07, 6.45) is 1.26. The maximum Gasteiger partial charge on any atom is 1.00 e. The fourth-order valence-electron chi connectivity index (χ4n) is 8.31. The Balaban J connectivity index is 0.00000914. The first-order chi connectivity index (χ1) is 34.2. The van der Waals surface area contributed by atoms with Gasteiger partial charge in [-0.25, -0.2) is 47.1 Å². The number of sulfonamides is 5. The van der Waals surface area contributed by atoms with E-state index in [1.165, 1.54) is 43.3 Å². The van der Waals surface area contributed by atoms with Gasteiger partial charge in [0.05, 0.1) is 31.3 Å². The smallest absolute Gasteiger partial charge is 0.462 e. The minimum atomic E-state index is -6.40. The first-order valence-corrected chi connectivity index (χ1v) is 30.2. The Kier molecular flexibility index (Phi) is 16.8. The Morgan fingerprint density at radius 3 is 2.00 bits per heavy atom. The van der Waals surface area contributed by atoms with Crippen molar-refractivity contribution < 1.29 is 93.1 Å². The predicted molar refractivity (Wildman–Crippen MR) is 270 cm³/mol. The molecule has 0 radical (unpaired) electrons. The zero-order valence-corrected chi connectivity index (χ0v) is 46.1. The largest absolute Gasteiger partial charge is 1.00 e. The van der Waals surface area contributed by atoms with Gasteiger partial charge < -0.3 is 22.7 Å². The molecule has 0 bridgehead atoms. The molecule has 2 heterocycles. The number of nitrogens with one attached hydrogen (secondary N) is 2. The molecule has 18 nitrogen and oxygen atoms in total. The van der Waals surface area contributed by atoms with Gasteiger partial charge in [0.15, 0.2) is 10.0 Å². The van der Waals surface area contributed by atoms with Crippen LogP contribution in [0.4, 0.5) is 30.2 Å². The van der Waals surface area contributed by atoms with Crippen molar-refractivity contribution in [3.8, 4) is 22.5 Å². The SMILES string of the molecule is CCC(C)(C)C(=O)OC1CCN(S(=O)(=O)c2ccccc2-c2c3ccc(=[NH+]c4c(C)cc(S(=O)(=O)[N-]S(=O)(=O)C(F)(F)F)cc4C)cc-3oc3cc(Nc4c(C)ccc(S(=O)(=O)[N-]S(C)(=O)=O)c4C)ccc23)CC1.[Li+]. The van der Waals surface area contributed by atoms with Crippen molar-refractivity contribution in [2.75, 3.05) is 24.7 Å². The summed E-state index contributed by atoms with van der Waals surface area (Å²) in [6.45, 7) is 11.6. The molecular formula is C48H51F3LiN5O13S5. The number of piperidine rings is 1. The van der Waals surface area contributed by atoms with Crippen LogP contribution in [0.5, 0.6) is 0 Å². The van der Waals surface area contributed by atoms with Crippen LogP contribution in [0.15, 0.2) is 104 Å². The standard InChI is InChI=1S/C48H50F3N5O13S5.Li/c1-9-47(6,7)46(57)68-34-20-22-56(23-21-34)73(64,65)42-13-11-10-12-38(42)43-36-17-15-32(52-44-29(3)24-35(25-30(44)4)71(60,61)55-74(66,67)48(49,50)51)26-39(36)69-40-27-33(16-18-37(40)43)53-45-28(2)14-19-41(31(45)5)72(62,63)54-70(8,58)59;/h10-19,24-27,34H,9,20-23H2,1-8H3,(H,52,53);/q-2;+1/p+1. The Hall–Kier alpha value is -5.14. The first-order valence-electron chi connectivity index (χ1n) is 22.6. The molecule has 75 heavy (non-hydrogen) atoms. The Bertz CT molecular complexity index is 3860. The zero-order valence-electron chi connectivity index (χ0n) is 42.0. The molecule has 0 unspecified atom stereocenters. The second kappa shape index (κ2) is 21.4. The third-order valence-electron chi connectivity index (χ3n) is 12.6. The summed E-state index contributed by atoms with van der Waals surface area (Å²) in [4.78, 5) is 14.8. The number of carbonyl (C=O) groups excluding carboxylic acids is 1. The van der Waals surface area contributed by atoms with Crippen LogP contribution >= 0.6 is 0 Å². The fraction of sp³-hybridized carbons (Fsp3) is 0.333. The molecule has 2 N–H and O–H groups in total. The van der Waals surface area contributed by atoms with E-state index in [2.05, 4.69) is 18.6 Å². The molecule has 0 saturated carbocycles. The van der Waals surface area contributed by atoms with Gasteiger partial charge >= 0.3 is 30.3 Å². The van der Waals surface area contributed by atoms with E-state index in [4.69, 9.17) is 9.15 Å². The minimum Gasteiger partial charge on any atom is -0.462 e. The average molecular weight is 1130 g/mol. The normalized spacial score (nSPS) is 15.0. The van der Waals surface area contributed by atoms with Crippen molar-refractivity contribution >= 4 is 84.1 Å². The zero-order chi connectivity index (χ0) is 54.7. The quantitative estimate of drug-likeness (QED) is 0.0811. The van der Waals surface area contributed by atoms with E-state index in [0.29, 0.717) is 57.0 Å². The number of rotatable bonds is 15. The molecule has 1 fully saturated rings. The maximum atomic E-state index is 14.8. The average Bonchev–Trinajstić information content (AvgIpc) is 3.29. The van der Waals surface area contributed by atoms with E-state index >= 15 is 0 Å². The van der Waals surface area contributed by atoms with Crippen LogP contribution in [-0.4, -0.2) is 83.3 Å². The predicted octanol–water partition coefficient (Wildman–Crippen LogP) is 4.57. The van der Waals surface area contributed by atoms with Crippen molar-refractivity contribution in [3.05, 3.63) is 121 Å². The van der Waals surface area contributed by atoms with Crippen LogP contribution in [0.25, 0.3) is 41.7 Å². The first kappa shape index (κ1) is 59.1. The van der Waals surface area contributed by atoms with Crippen LogP contribution in [-0.2, 0) is 59.6 Å². The van der Waals surface area contributed by atoms with Crippen LogP contribution < -0.4 is 34.5 Å². The second-order valence-corrected chi connectivity index (χ2v) is 27.2. The minimum absolute atomic E-state index is 0. The molecule has 0 aromatic heterocycles. The van der Waals surface area contributed by atoms with Crippen LogP contribution in [0, 0.1) is 33.1 Å². The second-order valence-electron chi connectivity index (χ2n) is 18.5. The van der Waals surface area contributed by atoms with Crippen LogP contribution in [0.2, 0.25) is 0 Å². The Morgan fingerprint density at radius 1 is 0.773 bits per heavy atom. The van der Waals surface area contributed by atoms with Crippen molar-refractivity contribution in [1.82, 2.24) is 4.31 Å². The Labute approximate surface area is 446 Å². The van der Waals surface area contributed by atoms with Gasteiger partial charge in [0.2, 0.25) is 21.1 Å². The number of fused-ring (bicyclic) bond motifs is 2. The molecule has 7 rings (SSSR count). The maximum absolute atomic E-state index is 14.8. The van der Waals surface area contributed by atoms with E-state index in [1.807, 2.05) is 6.92 Å². The number of anilines is 2. The molecule has 0 spiro atoms. The summed E-state index contributed by atoms with van der Waals surface area (Å²) in [6, 6.07) is 20.8. The molecule has 1 saturated heterocycles. The number of halogens is 3. The monoisotopic (exact) mass is 1130 g/mol. The van der Waals surface area contributed by atoms with Crippen molar-refractivity contribution in [3.63, 3.8) is 0 Å². The molecular weight excluding hydrogens is 1080 g/mol. The van der Waals surface area contributed by atoms with Gasteiger partial charge in [-0.15, -0.1) is 0 Å². The molecule has 0 atom stereocenters. The van der Waals surface area contributed by atoms with E-state index in [-0.39, 0.29) is 94.3 Å². The molecule has 4 aromatic rings. The summed E-state index contributed by atoms with van der Waals surface area (Å²) >= 11 is 0. The van der Waals surface area contributed by atoms with Gasteiger partial charge in [0, 0.05) is 81.0 Å². The summed E-state index contributed by atoms with van der Waals surface area (Å²) in [7, 11) is -24.9. The van der Waals surface area contributed by atoms with Crippen molar-refractivity contribution in [2.24, 2.45) is 5.41 Å². The molecule has 2 aliphatic heterocycles. The summed E-state index contributed by atoms with van der Waals surface area (Å²) in [5.74, 6) is -0.176. The number of ether oxygens (including phenoxy) is 1. The van der Waals surface area contributed by atoms with Crippen LogP contribution in [0.3, 0.4) is 0 Å². The van der Waals surface area contributed by atoms with E-state index in [9.17, 15) is 60.1 Å². The molecule has 398 valence electrons. The number of benzene rings is 5. The number of alkyl halides is 3. The van der Waals surface area contributed by atoms with E-state index in [1.54, 1.807) is 75.4 Å². The number of aryl methyl sites for hydroxylation is 3. The number of carbonyl (C=O) groups is 1. The molecule has 27 heteroatoms. The van der Waals surface area contributed by atoms with Gasteiger partial charge in [0.1, 0.15) is 37.5 Å². The van der Waals surface area contributed by atoms with Crippen molar-refractivity contribution in [1.29, 1.82) is 0 Å². The fourth-order valence-corrected chi connectivity index (χ4v) is 14.8. The van der Waals surface area contributed by atoms with Gasteiger partial charge in [0.25, 0.3) is 0 Å². The summed E-state index contributed by atoms with van der Waals surface area (Å²) in [5, 5.41) is 3.99. The van der Waals surface area contributed by atoms with Crippen molar-refractivity contribution in [2.45, 2.75) is 94.0 Å². The topological polar surface area (TPSA) is 268 Å². The summed E-state index contributed by atoms with van der Waals surface area (Å²) < 4.78 is 187. The molecule has 0 amide bonds. The third-order valence-corrected chi connectivity index (χ3v) is 20.4. The molecule has 3 aliphatic rings. The number of hydrogen-bond acceptors (Lipinski definition) is 14. The Morgan fingerprint density at radius 2 is 1.40 bits per heavy atom. The number of esters is 1. The van der Waals surface area contributed by atoms with Gasteiger partial charge in [-0.1, -0.05) is 31.2 Å². The summed E-state index contributed by atoms with van der Waals surface area (Å²) in [5.41, 5.74) is -3.27. The van der Waals surface area contributed by atoms with Crippen LogP contribution in [0.1, 0.15) is 62.3 Å². The van der Waals surface area contributed by atoms with E-state index < -0.39 is 72.0 Å². The number of nitrogens with zero attached hydrogens (tertiary/aromatic N) is 3. The molecule has 4 aromatic carbocycles. The molecule has 1 aliphatic carbocycles. The van der Waals surface area contributed by atoms with Gasteiger partial charge in [-0.2, -0.15) is 17.5 Å². The number of hydrogen-bond donors (Lipinski definition) is 2. The van der Waals surface area contributed by atoms with Gasteiger partial charge in [-0.3, -0.25) is 4.79 Å². The third kappa shape index (κ3) is 12.5.